The van der Waals surface area contributed by atoms with E-state index in [-0.39, 0.29) is 65.2 Å². The first-order valence-corrected chi connectivity index (χ1v) is 23.8. The Hall–Kier alpha value is -6.27. The molecule has 0 amide bonds. The minimum Gasteiger partial charge on any atom is -0.494 e. The number of azo groups is 2. The second-order valence-corrected chi connectivity index (χ2v) is 18.3. The van der Waals surface area contributed by atoms with Gasteiger partial charge in [-0.2, -0.15) is 69.1 Å². The van der Waals surface area contributed by atoms with Crippen LogP contribution in [0, 0.1) is 0 Å². The number of nitrogens with one attached hydrogen (secondary N) is 3. The second-order valence-electron chi connectivity index (χ2n) is 12.3. The van der Waals surface area contributed by atoms with E-state index in [1.54, 1.807) is 48.5 Å². The fraction of sp³-hybridized carbons (Fsp3) is 0.206. The third kappa shape index (κ3) is 18.1. The average molecular weight is 939 g/mol. The van der Waals surface area contributed by atoms with Crippen LogP contribution in [0.1, 0.15) is 6.42 Å². The highest BCUT2D eigenvalue weighted by atomic mass is 32.2. The molecular formula is C34H38N10O14S4. The molecule has 28 heteroatoms. The predicted molar refractivity (Wildman–Crippen MR) is 226 cm³/mol. The first-order valence-electron chi connectivity index (χ1n) is 17.3. The van der Waals surface area contributed by atoms with E-state index in [4.69, 9.17) is 18.6 Å². The quantitative estimate of drug-likeness (QED) is 0.0287. The molecule has 5 aromatic rings. The Kier molecular flexibility index (Phi) is 16.8. The van der Waals surface area contributed by atoms with Crippen LogP contribution in [-0.2, 0) is 40.5 Å². The number of benzene rings is 4. The number of hydrogen-bond acceptors (Lipinski definition) is 20. The van der Waals surface area contributed by atoms with Gasteiger partial charge in [-0.05, 0) is 61.0 Å². The van der Waals surface area contributed by atoms with Crippen molar-refractivity contribution in [3.05, 3.63) is 91.0 Å². The number of anilines is 5. The van der Waals surface area contributed by atoms with Gasteiger partial charge in [0.05, 0.1) is 70.5 Å². The van der Waals surface area contributed by atoms with Gasteiger partial charge in [0.2, 0.25) is 17.8 Å². The van der Waals surface area contributed by atoms with Crippen LogP contribution in [0.3, 0.4) is 0 Å². The molecule has 0 aliphatic carbocycles. The number of nitrogens with zero attached hydrogens (tertiary/aromatic N) is 7. The van der Waals surface area contributed by atoms with Crippen molar-refractivity contribution in [1.82, 2.24) is 15.0 Å². The van der Waals surface area contributed by atoms with Gasteiger partial charge in [0.1, 0.15) is 11.5 Å². The van der Waals surface area contributed by atoms with E-state index in [0.29, 0.717) is 29.0 Å². The molecule has 5 rings (SSSR count). The Labute approximate surface area is 355 Å². The molecule has 0 bridgehead atoms. The molecule has 1 aromatic heterocycles. The van der Waals surface area contributed by atoms with Gasteiger partial charge >= 0.3 is 0 Å². The summed E-state index contributed by atoms with van der Waals surface area (Å²) in [5.41, 5.74) is 2.05. The van der Waals surface area contributed by atoms with Crippen molar-refractivity contribution in [3.63, 3.8) is 0 Å². The van der Waals surface area contributed by atoms with Gasteiger partial charge in [-0.25, -0.2) is 0 Å². The van der Waals surface area contributed by atoms with Crippen molar-refractivity contribution in [3.8, 4) is 11.5 Å². The van der Waals surface area contributed by atoms with Gasteiger partial charge < -0.3 is 25.4 Å². The van der Waals surface area contributed by atoms with Crippen molar-refractivity contribution in [2.24, 2.45) is 20.5 Å². The highest BCUT2D eigenvalue weighted by Crippen LogP contribution is 2.35. The number of hydrogen-bond donors (Lipinski definition) is 7. The molecule has 0 aliphatic rings. The maximum Gasteiger partial charge on any atom is 0.294 e. The highest BCUT2D eigenvalue weighted by molar-refractivity contribution is 7.86. The van der Waals surface area contributed by atoms with E-state index in [1.165, 1.54) is 37.4 Å². The first kappa shape index (κ1) is 48.4. The minimum atomic E-state index is -4.45. The van der Waals surface area contributed by atoms with Crippen molar-refractivity contribution < 1.29 is 61.4 Å². The zero-order chi connectivity index (χ0) is 45.6. The fourth-order valence-corrected chi connectivity index (χ4v) is 5.96. The molecule has 1 heterocycles. The molecule has 0 fully saturated rings. The lowest BCUT2D eigenvalue weighted by atomic mass is 10.2. The Balaban J connectivity index is 0.00000160. The predicted octanol–water partition coefficient (Wildman–Crippen LogP) is 5.91. The van der Waals surface area contributed by atoms with E-state index >= 15 is 0 Å². The Morgan fingerprint density at radius 1 is 0.581 bits per heavy atom. The van der Waals surface area contributed by atoms with Crippen LogP contribution < -0.4 is 25.4 Å². The SMILES string of the molecule is COc1cc(N=Nc2cccc(S(=O)(=O)O)c2)ccc1Nc1nc(NCCS(=O)(=O)O)nc(Nc2ccc(N=Nc3ccccc3)cc2OCCCS(=O)(=O)O)n1.CS(=O)(=O)O. The summed E-state index contributed by atoms with van der Waals surface area (Å²) in [6.45, 7) is -0.395. The molecule has 0 radical (unpaired) electrons. The summed E-state index contributed by atoms with van der Waals surface area (Å²) >= 11 is 0. The average Bonchev–Trinajstić information content (AvgIpc) is 3.17. The van der Waals surface area contributed by atoms with Crippen molar-refractivity contribution in [2.45, 2.75) is 11.3 Å². The lowest BCUT2D eigenvalue weighted by Crippen LogP contribution is -2.17. The second kappa shape index (κ2) is 21.5. The molecule has 0 atom stereocenters. The van der Waals surface area contributed by atoms with Crippen LogP contribution in [-0.4, -0.2) is 105 Å². The summed E-state index contributed by atoms with van der Waals surface area (Å²) in [5, 5.41) is 25.3. The van der Waals surface area contributed by atoms with Crippen LogP contribution >= 0.6 is 0 Å². The standard InChI is InChI=1S/C33H34N10O11S3.CH4O3S/c1-53-29-20-24(43-41-23-9-5-10-26(19-23)57(50,51)52)11-13-27(29)35-32-37-31(34-15-18-56(47,48)49)38-33(39-32)36-28-14-12-25(42-40-22-7-3-2-4-8-22)21-30(28)54-16-6-17-55(44,45)46;1-5(2,3)4/h2-5,7-14,19-21H,6,15-18H2,1H3,(H,44,45,46)(H,47,48,49)(H,50,51,52)(H3,34,35,36,37,38,39);1H3,(H,2,3,4). The third-order valence-corrected chi connectivity index (χ3v) is 9.53. The normalized spacial score (nSPS) is 12.1. The smallest absolute Gasteiger partial charge is 0.294 e. The minimum absolute atomic E-state index is 0.0427. The lowest BCUT2D eigenvalue weighted by Gasteiger charge is -2.15. The number of rotatable bonds is 19. The monoisotopic (exact) mass is 938 g/mol. The third-order valence-electron chi connectivity index (χ3n) is 7.16. The number of methoxy groups -OCH3 is 1. The molecule has 0 spiro atoms. The molecule has 0 saturated heterocycles. The van der Waals surface area contributed by atoms with Gasteiger partial charge in [-0.15, -0.1) is 0 Å². The van der Waals surface area contributed by atoms with Crippen molar-refractivity contribution >= 4 is 92.4 Å². The number of ether oxygens (including phenoxy) is 2. The van der Waals surface area contributed by atoms with E-state index in [1.807, 2.05) is 6.07 Å². The van der Waals surface area contributed by atoms with Gasteiger partial charge in [0, 0.05) is 18.7 Å². The van der Waals surface area contributed by atoms with Gasteiger partial charge in [-0.1, -0.05) is 24.3 Å². The lowest BCUT2D eigenvalue weighted by molar-refractivity contribution is 0.317. The maximum absolute atomic E-state index is 11.5. The Morgan fingerprint density at radius 3 is 1.60 bits per heavy atom. The summed E-state index contributed by atoms with van der Waals surface area (Å²) in [5.74, 6) is -1.03. The molecule has 0 aliphatic heterocycles. The summed E-state index contributed by atoms with van der Waals surface area (Å²) in [6, 6.07) is 23.5. The zero-order valence-corrected chi connectivity index (χ0v) is 35.6. The Morgan fingerprint density at radius 2 is 1.06 bits per heavy atom. The van der Waals surface area contributed by atoms with Crippen molar-refractivity contribution in [1.29, 1.82) is 0 Å². The van der Waals surface area contributed by atoms with E-state index in [0.717, 1.165) is 6.07 Å². The molecule has 7 N–H and O–H groups in total. The summed E-state index contributed by atoms with van der Waals surface area (Å²) < 4.78 is 133. The maximum atomic E-state index is 11.5. The molecule has 332 valence electrons. The largest absolute Gasteiger partial charge is 0.494 e. The van der Waals surface area contributed by atoms with Crippen LogP contribution in [0.15, 0.2) is 116 Å². The molecule has 24 nitrogen and oxygen atoms in total. The zero-order valence-electron chi connectivity index (χ0n) is 32.3. The summed E-state index contributed by atoms with van der Waals surface area (Å²) in [6.07, 6.45) is 0.673. The molecule has 62 heavy (non-hydrogen) atoms. The van der Waals surface area contributed by atoms with Gasteiger partial charge in [0.25, 0.3) is 40.5 Å². The topological polar surface area (TPSA) is 360 Å². The van der Waals surface area contributed by atoms with E-state index < -0.39 is 52.0 Å². The van der Waals surface area contributed by atoms with Crippen LogP contribution in [0.2, 0.25) is 0 Å². The summed E-state index contributed by atoms with van der Waals surface area (Å²) in [7, 11) is -15.3. The van der Waals surface area contributed by atoms with Gasteiger partial charge in [0.15, 0.2) is 0 Å². The van der Waals surface area contributed by atoms with Crippen LogP contribution in [0.25, 0.3) is 0 Å². The molecule has 0 unspecified atom stereocenters. The first-order chi connectivity index (χ1) is 29.0. The Bertz CT molecular complexity index is 2850. The highest BCUT2D eigenvalue weighted by Gasteiger charge is 2.15. The van der Waals surface area contributed by atoms with Crippen molar-refractivity contribution in [2.75, 3.05) is 54.0 Å². The molecule has 0 saturated carbocycles. The number of aromatic nitrogens is 3. The van der Waals surface area contributed by atoms with E-state index in [9.17, 15) is 42.8 Å². The fourth-order valence-electron chi connectivity index (χ4n) is 4.60. The van der Waals surface area contributed by atoms with Crippen LogP contribution in [0.5, 0.6) is 11.5 Å². The molecular weight excluding hydrogens is 901 g/mol. The van der Waals surface area contributed by atoms with Crippen LogP contribution in [0.4, 0.5) is 52.0 Å². The van der Waals surface area contributed by atoms with Gasteiger partial charge in [-0.3, -0.25) is 18.2 Å². The summed E-state index contributed by atoms with van der Waals surface area (Å²) in [4.78, 5) is 12.7. The van der Waals surface area contributed by atoms with E-state index in [2.05, 4.69) is 51.4 Å². The molecule has 4 aromatic carbocycles.